The minimum absolute atomic E-state index is 0.0271. The molecule has 0 saturated heterocycles. The Morgan fingerprint density at radius 1 is 1.23 bits per heavy atom. The molecule has 0 aliphatic heterocycles. The van der Waals surface area contributed by atoms with Crippen molar-refractivity contribution in [2.24, 2.45) is 0 Å². The molecule has 1 rings (SSSR count). The first-order chi connectivity index (χ1) is 10.4. The molecular formula is C16H21NO5. The number of benzene rings is 1. The molecule has 0 saturated carbocycles. The van der Waals surface area contributed by atoms with Crippen LogP contribution in [0.5, 0.6) is 5.75 Å². The summed E-state index contributed by atoms with van der Waals surface area (Å²) in [5.41, 5.74) is 0.585. The number of hydrogen-bond donors (Lipinski definition) is 1. The number of ketones is 1. The van der Waals surface area contributed by atoms with Gasteiger partial charge in [-0.05, 0) is 25.5 Å². The highest BCUT2D eigenvalue weighted by molar-refractivity contribution is 5.94. The second kappa shape index (κ2) is 8.81. The molecule has 1 amide bonds. The van der Waals surface area contributed by atoms with Crippen LogP contribution in [0.4, 0.5) is 0 Å². The predicted molar refractivity (Wildman–Crippen MR) is 81.1 cm³/mol. The largest absolute Gasteiger partial charge is 0.494 e. The summed E-state index contributed by atoms with van der Waals surface area (Å²) in [5, 5.41) is 8.56. The maximum atomic E-state index is 11.7. The van der Waals surface area contributed by atoms with E-state index in [9.17, 15) is 14.4 Å². The Morgan fingerprint density at radius 3 is 2.59 bits per heavy atom. The number of hydrogen-bond acceptors (Lipinski definition) is 4. The zero-order chi connectivity index (χ0) is 16.5. The van der Waals surface area contributed by atoms with Gasteiger partial charge in [0.15, 0.2) is 5.78 Å². The third-order valence-electron chi connectivity index (χ3n) is 3.13. The number of carbonyl (C=O) groups is 3. The molecule has 0 aromatic heterocycles. The fourth-order valence-corrected chi connectivity index (χ4v) is 1.80. The van der Waals surface area contributed by atoms with Crippen LogP contribution in [0.3, 0.4) is 0 Å². The number of rotatable bonds is 9. The van der Waals surface area contributed by atoms with Crippen LogP contribution in [0.25, 0.3) is 0 Å². The molecule has 1 aromatic carbocycles. The minimum Gasteiger partial charge on any atom is -0.494 e. The molecule has 0 heterocycles. The van der Waals surface area contributed by atoms with Crippen LogP contribution >= 0.6 is 0 Å². The van der Waals surface area contributed by atoms with Crippen molar-refractivity contribution in [3.05, 3.63) is 29.8 Å². The van der Waals surface area contributed by atoms with Gasteiger partial charge in [0.25, 0.3) is 0 Å². The Bertz CT molecular complexity index is 541. The van der Waals surface area contributed by atoms with Gasteiger partial charge in [-0.2, -0.15) is 0 Å². The smallest absolute Gasteiger partial charge is 0.305 e. The molecular weight excluding hydrogens is 286 g/mol. The SMILES string of the molecule is CC(=O)c1cccc(OCCCC(=O)N(C)CCC(=O)O)c1. The van der Waals surface area contributed by atoms with Crippen LogP contribution in [0.1, 0.15) is 36.5 Å². The second-order valence-corrected chi connectivity index (χ2v) is 5.00. The minimum atomic E-state index is -0.923. The van der Waals surface area contributed by atoms with Crippen molar-refractivity contribution in [2.75, 3.05) is 20.2 Å². The maximum Gasteiger partial charge on any atom is 0.305 e. The van der Waals surface area contributed by atoms with E-state index in [0.717, 1.165) is 0 Å². The molecule has 0 unspecified atom stereocenters. The van der Waals surface area contributed by atoms with Gasteiger partial charge in [0.05, 0.1) is 13.0 Å². The van der Waals surface area contributed by atoms with E-state index in [2.05, 4.69) is 0 Å². The molecule has 1 N–H and O–H groups in total. The van der Waals surface area contributed by atoms with Gasteiger partial charge in [-0.25, -0.2) is 0 Å². The Morgan fingerprint density at radius 2 is 1.95 bits per heavy atom. The number of carboxylic acids is 1. The first-order valence-electron chi connectivity index (χ1n) is 7.09. The highest BCUT2D eigenvalue weighted by Crippen LogP contribution is 2.14. The summed E-state index contributed by atoms with van der Waals surface area (Å²) >= 11 is 0. The van der Waals surface area contributed by atoms with E-state index >= 15 is 0 Å². The number of carbonyl (C=O) groups excluding carboxylic acids is 2. The van der Waals surface area contributed by atoms with Crippen LogP contribution in [-0.4, -0.2) is 47.9 Å². The summed E-state index contributed by atoms with van der Waals surface area (Å²) in [6.07, 6.45) is 0.764. The molecule has 6 nitrogen and oxygen atoms in total. The van der Waals surface area contributed by atoms with E-state index in [1.165, 1.54) is 11.8 Å². The molecule has 0 aliphatic rings. The number of Topliss-reactive ketones (excluding diaryl/α,β-unsaturated/α-hetero) is 1. The summed E-state index contributed by atoms with van der Waals surface area (Å²) in [4.78, 5) is 34.8. The molecule has 0 spiro atoms. The van der Waals surface area contributed by atoms with Crippen molar-refractivity contribution in [3.8, 4) is 5.75 Å². The van der Waals surface area contributed by atoms with E-state index in [1.54, 1.807) is 31.3 Å². The Labute approximate surface area is 129 Å². The van der Waals surface area contributed by atoms with Crippen molar-refractivity contribution in [3.63, 3.8) is 0 Å². The Hall–Kier alpha value is -2.37. The molecule has 0 bridgehead atoms. The molecule has 120 valence electrons. The van der Waals surface area contributed by atoms with E-state index < -0.39 is 5.97 Å². The first kappa shape index (κ1) is 17.7. The molecule has 1 aromatic rings. The molecule has 0 fully saturated rings. The third kappa shape index (κ3) is 6.39. The third-order valence-corrected chi connectivity index (χ3v) is 3.13. The lowest BCUT2D eigenvalue weighted by Crippen LogP contribution is -2.29. The highest BCUT2D eigenvalue weighted by atomic mass is 16.5. The monoisotopic (exact) mass is 307 g/mol. The van der Waals surface area contributed by atoms with E-state index in [0.29, 0.717) is 30.8 Å². The van der Waals surface area contributed by atoms with Gasteiger partial charge in [0.1, 0.15) is 5.75 Å². The van der Waals surface area contributed by atoms with Gasteiger partial charge in [-0.15, -0.1) is 0 Å². The standard InChI is InChI=1S/C16H21NO5/c1-12(18)13-5-3-6-14(11-13)22-10-4-7-15(19)17(2)9-8-16(20)21/h3,5-6,11H,4,7-10H2,1-2H3,(H,20,21). The highest BCUT2D eigenvalue weighted by Gasteiger charge is 2.10. The summed E-state index contributed by atoms with van der Waals surface area (Å²) < 4.78 is 5.51. The van der Waals surface area contributed by atoms with Crippen molar-refractivity contribution >= 4 is 17.7 Å². The second-order valence-electron chi connectivity index (χ2n) is 5.00. The van der Waals surface area contributed by atoms with Crippen molar-refractivity contribution in [1.29, 1.82) is 0 Å². The summed E-state index contributed by atoms with van der Waals surface area (Å²) in [5.74, 6) is -0.462. The average molecular weight is 307 g/mol. The lowest BCUT2D eigenvalue weighted by molar-refractivity contribution is -0.138. The topological polar surface area (TPSA) is 83.9 Å². The van der Waals surface area contributed by atoms with E-state index in [-0.39, 0.29) is 24.7 Å². The quantitative estimate of drug-likeness (QED) is 0.557. The molecule has 22 heavy (non-hydrogen) atoms. The number of amides is 1. The average Bonchev–Trinajstić information content (AvgIpc) is 2.49. The van der Waals surface area contributed by atoms with Crippen LogP contribution in [0.2, 0.25) is 0 Å². The van der Waals surface area contributed by atoms with Gasteiger partial charge in [0, 0.05) is 25.6 Å². The summed E-state index contributed by atoms with van der Waals surface area (Å²) in [6.45, 7) is 2.06. The van der Waals surface area contributed by atoms with Gasteiger partial charge < -0.3 is 14.7 Å². The van der Waals surface area contributed by atoms with E-state index in [1.807, 2.05) is 0 Å². The van der Waals surface area contributed by atoms with E-state index in [4.69, 9.17) is 9.84 Å². The summed E-state index contributed by atoms with van der Waals surface area (Å²) in [7, 11) is 1.59. The predicted octanol–water partition coefficient (Wildman–Crippen LogP) is 1.98. The van der Waals surface area contributed by atoms with Crippen molar-refractivity contribution < 1.29 is 24.2 Å². The number of aliphatic carboxylic acids is 1. The zero-order valence-corrected chi connectivity index (χ0v) is 12.9. The number of nitrogens with zero attached hydrogens (tertiary/aromatic N) is 1. The fraction of sp³-hybridized carbons (Fsp3) is 0.438. The number of carboxylic acid groups (broad SMARTS) is 1. The van der Waals surface area contributed by atoms with Gasteiger partial charge >= 0.3 is 5.97 Å². The fourth-order valence-electron chi connectivity index (χ4n) is 1.80. The Balaban J connectivity index is 2.30. The lowest BCUT2D eigenvalue weighted by atomic mass is 10.1. The van der Waals surface area contributed by atoms with Gasteiger partial charge in [0.2, 0.25) is 5.91 Å². The number of ether oxygens (including phenoxy) is 1. The van der Waals surface area contributed by atoms with Gasteiger partial charge in [-0.3, -0.25) is 14.4 Å². The molecule has 0 aliphatic carbocycles. The summed E-state index contributed by atoms with van der Waals surface area (Å²) in [6, 6.07) is 6.89. The van der Waals surface area contributed by atoms with Crippen LogP contribution in [-0.2, 0) is 9.59 Å². The van der Waals surface area contributed by atoms with Crippen molar-refractivity contribution in [2.45, 2.75) is 26.2 Å². The van der Waals surface area contributed by atoms with Gasteiger partial charge in [-0.1, -0.05) is 12.1 Å². The maximum absolute atomic E-state index is 11.7. The van der Waals surface area contributed by atoms with Crippen molar-refractivity contribution in [1.82, 2.24) is 4.90 Å². The normalized spacial score (nSPS) is 10.1. The molecule has 6 heteroatoms. The Kier molecular flexibility index (Phi) is 7.08. The first-order valence-corrected chi connectivity index (χ1v) is 7.09. The van der Waals surface area contributed by atoms with Crippen LogP contribution < -0.4 is 4.74 Å². The van der Waals surface area contributed by atoms with Crippen LogP contribution in [0.15, 0.2) is 24.3 Å². The molecule has 0 radical (unpaired) electrons. The molecule has 0 atom stereocenters. The van der Waals surface area contributed by atoms with Crippen LogP contribution in [0, 0.1) is 0 Å². The zero-order valence-electron chi connectivity index (χ0n) is 12.9. The lowest BCUT2D eigenvalue weighted by Gasteiger charge is -2.16.